The van der Waals surface area contributed by atoms with Crippen molar-refractivity contribution < 1.29 is 4.39 Å². The predicted molar refractivity (Wildman–Crippen MR) is 94.0 cm³/mol. The van der Waals surface area contributed by atoms with Crippen LogP contribution in [0.15, 0.2) is 36.4 Å². The lowest BCUT2D eigenvalue weighted by Gasteiger charge is -2.22. The number of rotatable bonds is 4. The molecule has 2 N–H and O–H groups in total. The summed E-state index contributed by atoms with van der Waals surface area (Å²) in [6.07, 6.45) is 1.16. The molecule has 2 aromatic rings. The molecular formula is C17H22ClFN2S. The number of hydrogen-bond acceptors (Lipinski definition) is 3. The molecule has 1 atom stereocenters. The number of nitrogens with two attached hydrogens (primary N) is 1. The third-order valence-electron chi connectivity index (χ3n) is 4.31. The van der Waals surface area contributed by atoms with E-state index in [1.807, 2.05) is 18.2 Å². The van der Waals surface area contributed by atoms with Crippen molar-refractivity contribution in [2.24, 2.45) is 11.1 Å². The first-order chi connectivity index (χ1) is 10.1. The third-order valence-corrected chi connectivity index (χ3v) is 5.41. The lowest BCUT2D eigenvalue weighted by Crippen LogP contribution is -2.30. The van der Waals surface area contributed by atoms with Crippen molar-refractivity contribution in [1.82, 2.24) is 4.90 Å². The summed E-state index contributed by atoms with van der Waals surface area (Å²) in [6, 6.07) is 11.1. The summed E-state index contributed by atoms with van der Waals surface area (Å²) in [5, 5.41) is 0. The van der Waals surface area contributed by atoms with Gasteiger partial charge in [0.1, 0.15) is 5.82 Å². The fourth-order valence-corrected chi connectivity index (χ4v) is 3.99. The second-order valence-electron chi connectivity index (χ2n) is 6.22. The van der Waals surface area contributed by atoms with Gasteiger partial charge in [-0.25, -0.2) is 4.39 Å². The van der Waals surface area contributed by atoms with Crippen molar-refractivity contribution in [3.8, 4) is 10.4 Å². The molecule has 0 amide bonds. The maximum atomic E-state index is 13.8. The van der Waals surface area contributed by atoms with Gasteiger partial charge in [0.05, 0.1) is 0 Å². The zero-order valence-electron chi connectivity index (χ0n) is 12.7. The maximum absolute atomic E-state index is 13.8. The Morgan fingerprint density at radius 1 is 1.27 bits per heavy atom. The first-order valence-corrected chi connectivity index (χ1v) is 8.17. The number of benzene rings is 1. The molecule has 22 heavy (non-hydrogen) atoms. The first-order valence-electron chi connectivity index (χ1n) is 7.36. The minimum absolute atomic E-state index is 0. The molecule has 1 unspecified atom stereocenters. The second-order valence-corrected chi connectivity index (χ2v) is 7.39. The van der Waals surface area contributed by atoms with Gasteiger partial charge in [-0.05, 0) is 43.1 Å². The lowest BCUT2D eigenvalue weighted by atomic mass is 9.90. The molecule has 120 valence electrons. The SMILES string of the molecule is CC1(CN)CCN(Cc2ccc(-c3ccccc3F)s2)C1.Cl. The molecule has 0 spiro atoms. The van der Waals surface area contributed by atoms with E-state index in [2.05, 4.69) is 17.9 Å². The Morgan fingerprint density at radius 3 is 2.73 bits per heavy atom. The Balaban J connectivity index is 0.00000176. The van der Waals surface area contributed by atoms with Crippen LogP contribution < -0.4 is 5.73 Å². The van der Waals surface area contributed by atoms with Crippen LogP contribution in [0.5, 0.6) is 0 Å². The third kappa shape index (κ3) is 3.69. The highest BCUT2D eigenvalue weighted by Gasteiger charge is 2.32. The van der Waals surface area contributed by atoms with Crippen molar-refractivity contribution in [2.75, 3.05) is 19.6 Å². The Morgan fingerprint density at radius 2 is 2.05 bits per heavy atom. The molecule has 0 saturated carbocycles. The lowest BCUT2D eigenvalue weighted by molar-refractivity contribution is 0.276. The Kier molecular flexibility index (Phi) is 5.61. The zero-order valence-corrected chi connectivity index (χ0v) is 14.4. The summed E-state index contributed by atoms with van der Waals surface area (Å²) in [4.78, 5) is 4.74. The molecule has 5 heteroatoms. The Hall–Kier alpha value is -0.940. The summed E-state index contributed by atoms with van der Waals surface area (Å²) in [5.41, 5.74) is 6.81. The van der Waals surface area contributed by atoms with Gasteiger partial charge in [-0.15, -0.1) is 23.7 Å². The normalized spacial score (nSPS) is 21.8. The number of nitrogens with zero attached hydrogens (tertiary/aromatic N) is 1. The quantitative estimate of drug-likeness (QED) is 0.906. The monoisotopic (exact) mass is 340 g/mol. The van der Waals surface area contributed by atoms with Crippen molar-refractivity contribution in [1.29, 1.82) is 0 Å². The van der Waals surface area contributed by atoms with Crippen LogP contribution in [-0.4, -0.2) is 24.5 Å². The van der Waals surface area contributed by atoms with E-state index in [-0.39, 0.29) is 23.6 Å². The van der Waals surface area contributed by atoms with Crippen molar-refractivity contribution in [2.45, 2.75) is 19.9 Å². The van der Waals surface area contributed by atoms with Gasteiger partial charge in [0.2, 0.25) is 0 Å². The number of likely N-dealkylation sites (tertiary alicyclic amines) is 1. The van der Waals surface area contributed by atoms with Crippen molar-refractivity contribution in [3.63, 3.8) is 0 Å². The van der Waals surface area contributed by atoms with Crippen LogP contribution in [0.3, 0.4) is 0 Å². The molecule has 1 aromatic carbocycles. The highest BCUT2D eigenvalue weighted by Crippen LogP contribution is 2.33. The Bertz CT molecular complexity index is 631. The van der Waals surface area contributed by atoms with Gasteiger partial charge in [-0.2, -0.15) is 0 Å². The molecule has 0 radical (unpaired) electrons. The van der Waals surface area contributed by atoms with Gasteiger partial charge in [-0.3, -0.25) is 4.90 Å². The van der Waals surface area contributed by atoms with Crippen LogP contribution in [-0.2, 0) is 6.54 Å². The highest BCUT2D eigenvalue weighted by molar-refractivity contribution is 7.15. The molecule has 1 saturated heterocycles. The molecule has 2 heterocycles. The second kappa shape index (κ2) is 7.09. The maximum Gasteiger partial charge on any atom is 0.131 e. The Labute approximate surface area is 141 Å². The van der Waals surface area contributed by atoms with Gasteiger partial charge in [0.25, 0.3) is 0 Å². The predicted octanol–water partition coefficient (Wildman–Crippen LogP) is 4.15. The van der Waals surface area contributed by atoms with E-state index in [0.29, 0.717) is 5.56 Å². The summed E-state index contributed by atoms with van der Waals surface area (Å²) in [7, 11) is 0. The van der Waals surface area contributed by atoms with Crippen molar-refractivity contribution >= 4 is 23.7 Å². The van der Waals surface area contributed by atoms with Crippen LogP contribution in [0.25, 0.3) is 10.4 Å². The molecule has 3 rings (SSSR count). The van der Waals surface area contributed by atoms with Gasteiger partial charge in [0.15, 0.2) is 0 Å². The van der Waals surface area contributed by atoms with E-state index in [4.69, 9.17) is 5.73 Å². The largest absolute Gasteiger partial charge is 0.330 e. The van der Waals surface area contributed by atoms with E-state index in [1.54, 1.807) is 17.4 Å². The zero-order chi connectivity index (χ0) is 14.9. The summed E-state index contributed by atoms with van der Waals surface area (Å²) in [5.74, 6) is -0.150. The topological polar surface area (TPSA) is 29.3 Å². The number of halogens is 2. The average molecular weight is 341 g/mol. The van der Waals surface area contributed by atoms with Crippen LogP contribution in [0, 0.1) is 11.2 Å². The van der Waals surface area contributed by atoms with Gasteiger partial charge >= 0.3 is 0 Å². The molecular weight excluding hydrogens is 319 g/mol. The summed E-state index contributed by atoms with van der Waals surface area (Å²) < 4.78 is 13.8. The van der Waals surface area contributed by atoms with Gasteiger partial charge in [-0.1, -0.05) is 25.1 Å². The number of thiophene rings is 1. The fourth-order valence-electron chi connectivity index (χ4n) is 2.92. The number of hydrogen-bond donors (Lipinski definition) is 1. The van der Waals surface area contributed by atoms with Crippen LogP contribution in [0.2, 0.25) is 0 Å². The van der Waals surface area contributed by atoms with Gasteiger partial charge < -0.3 is 5.73 Å². The average Bonchev–Trinajstić information content (AvgIpc) is 3.08. The van der Waals surface area contributed by atoms with Crippen molar-refractivity contribution in [3.05, 3.63) is 47.1 Å². The molecule has 1 aliphatic heterocycles. The summed E-state index contributed by atoms with van der Waals surface area (Å²) >= 11 is 1.68. The molecule has 1 aliphatic rings. The minimum atomic E-state index is -0.150. The fraction of sp³-hybridized carbons (Fsp3) is 0.412. The highest BCUT2D eigenvalue weighted by atomic mass is 35.5. The standard InChI is InChI=1S/C17H21FN2S.ClH/c1-17(11-19)8-9-20(12-17)10-13-6-7-16(21-13)14-4-2-3-5-15(14)18;/h2-7H,8-12,19H2,1H3;1H. The van der Waals surface area contributed by atoms with E-state index < -0.39 is 0 Å². The van der Waals surface area contributed by atoms with Crippen LogP contribution in [0.4, 0.5) is 4.39 Å². The van der Waals surface area contributed by atoms with E-state index in [0.717, 1.165) is 37.5 Å². The van der Waals surface area contributed by atoms with E-state index >= 15 is 0 Å². The van der Waals surface area contributed by atoms with Gasteiger partial charge in [0, 0.05) is 28.4 Å². The first kappa shape index (κ1) is 17.4. The molecule has 0 aliphatic carbocycles. The smallest absolute Gasteiger partial charge is 0.131 e. The molecule has 1 fully saturated rings. The molecule has 0 bridgehead atoms. The van der Waals surface area contributed by atoms with Crippen LogP contribution in [0.1, 0.15) is 18.2 Å². The molecule has 1 aromatic heterocycles. The van der Waals surface area contributed by atoms with Crippen LogP contribution >= 0.6 is 23.7 Å². The van der Waals surface area contributed by atoms with E-state index in [9.17, 15) is 4.39 Å². The summed E-state index contributed by atoms with van der Waals surface area (Å²) in [6.45, 7) is 6.09. The minimum Gasteiger partial charge on any atom is -0.330 e. The van der Waals surface area contributed by atoms with E-state index in [1.165, 1.54) is 10.9 Å². The molecule has 2 nitrogen and oxygen atoms in total.